The van der Waals surface area contributed by atoms with Gasteiger partial charge in [0.25, 0.3) is 0 Å². The molecule has 0 saturated heterocycles. The molecule has 8 fully saturated rings. The van der Waals surface area contributed by atoms with Crippen LogP contribution in [0.25, 0.3) is 0 Å². The van der Waals surface area contributed by atoms with Crippen LogP contribution in [-0.4, -0.2) is 32.1 Å². The SMILES string of the molecule is CC(C)[C@]1(C)CC2C3C4(C)C5C6(O)C7CC8C(CC1[C@H]82)C7CC6(O)C5(C)C34O. The van der Waals surface area contributed by atoms with Crippen molar-refractivity contribution in [2.75, 3.05) is 0 Å². The van der Waals surface area contributed by atoms with Crippen LogP contribution < -0.4 is 0 Å². The van der Waals surface area contributed by atoms with Gasteiger partial charge in [-0.3, -0.25) is 0 Å². The molecule has 8 aliphatic carbocycles. The van der Waals surface area contributed by atoms with E-state index in [1.165, 1.54) is 12.8 Å². The smallest absolute Gasteiger partial charge is 0.103 e. The van der Waals surface area contributed by atoms with E-state index < -0.39 is 22.2 Å². The Labute approximate surface area is 168 Å². The first-order valence-corrected chi connectivity index (χ1v) is 12.1. The van der Waals surface area contributed by atoms with Crippen LogP contribution in [0.2, 0.25) is 0 Å². The lowest BCUT2D eigenvalue weighted by Crippen LogP contribution is -2.91. The van der Waals surface area contributed by atoms with Gasteiger partial charge in [0.1, 0.15) is 11.2 Å². The molecule has 0 spiro atoms. The zero-order chi connectivity index (χ0) is 19.6. The summed E-state index contributed by atoms with van der Waals surface area (Å²) < 4.78 is 0. The maximum atomic E-state index is 12.1. The van der Waals surface area contributed by atoms with Crippen LogP contribution in [0.1, 0.15) is 60.3 Å². The minimum absolute atomic E-state index is 0.100. The van der Waals surface area contributed by atoms with E-state index in [9.17, 15) is 15.3 Å². The molecule has 154 valence electrons. The molecule has 0 aromatic rings. The topological polar surface area (TPSA) is 60.7 Å². The third-order valence-electron chi connectivity index (χ3n) is 14.3. The predicted molar refractivity (Wildman–Crippen MR) is 104 cm³/mol. The first-order chi connectivity index (χ1) is 13.0. The standard InChI is InChI=1S/C25H36O3/c1-10(2)20(3)8-14-17-12-7-15-13(11(12)6-16(17)20)9-23(26)22(5)19(24(15,23)27)21(4)18(14)25(21,22)28/h10-19,26-28H,6-9H2,1-5H3/t11?,12?,13?,14?,15?,16?,17-,18?,19?,20+,21?,22?,23?,24?,25?/m1/s1. The molecule has 0 radical (unpaired) electrons. The molecule has 0 amide bonds. The van der Waals surface area contributed by atoms with Gasteiger partial charge in [-0.05, 0) is 78.4 Å². The van der Waals surface area contributed by atoms with Crippen LogP contribution in [-0.2, 0) is 0 Å². The second-order valence-corrected chi connectivity index (χ2v) is 13.8. The zero-order valence-corrected chi connectivity index (χ0v) is 17.9. The summed E-state index contributed by atoms with van der Waals surface area (Å²) in [5.74, 6) is 5.39. The van der Waals surface area contributed by atoms with Gasteiger partial charge in [0.15, 0.2) is 0 Å². The van der Waals surface area contributed by atoms with Crippen molar-refractivity contribution in [1.29, 1.82) is 0 Å². The zero-order valence-electron chi connectivity index (χ0n) is 17.9. The summed E-state index contributed by atoms with van der Waals surface area (Å²) in [7, 11) is 0. The molecule has 3 nitrogen and oxygen atoms in total. The first-order valence-electron chi connectivity index (χ1n) is 12.1. The summed E-state index contributed by atoms with van der Waals surface area (Å²) in [6.07, 6.45) is 4.46. The number of hydrogen-bond donors (Lipinski definition) is 3. The van der Waals surface area contributed by atoms with E-state index in [4.69, 9.17) is 0 Å². The lowest BCUT2D eigenvalue weighted by molar-refractivity contribution is -0.435. The largest absolute Gasteiger partial charge is 0.388 e. The summed E-state index contributed by atoms with van der Waals surface area (Å²) in [6.45, 7) is 11.8. The highest BCUT2D eigenvalue weighted by atomic mass is 16.4. The fraction of sp³-hybridized carbons (Fsp3) is 1.00. The Morgan fingerprint density at radius 1 is 0.821 bits per heavy atom. The molecular weight excluding hydrogens is 348 g/mol. The van der Waals surface area contributed by atoms with E-state index in [-0.39, 0.29) is 17.3 Å². The van der Waals surface area contributed by atoms with Crippen molar-refractivity contribution in [2.45, 2.75) is 77.1 Å². The van der Waals surface area contributed by atoms with Crippen molar-refractivity contribution in [3.63, 3.8) is 0 Å². The average molecular weight is 385 g/mol. The summed E-state index contributed by atoms with van der Waals surface area (Å²) in [5.41, 5.74) is -3.00. The lowest BCUT2D eigenvalue weighted by Gasteiger charge is -2.79. The highest BCUT2D eigenvalue weighted by molar-refractivity contribution is 5.57. The molecule has 8 aliphatic rings. The van der Waals surface area contributed by atoms with E-state index in [1.807, 2.05) is 0 Å². The van der Waals surface area contributed by atoms with Crippen molar-refractivity contribution in [3.05, 3.63) is 0 Å². The van der Waals surface area contributed by atoms with Crippen LogP contribution in [0.5, 0.6) is 0 Å². The van der Waals surface area contributed by atoms with Crippen LogP contribution in [0.15, 0.2) is 0 Å². The molecule has 15 atom stereocenters. The molecule has 6 bridgehead atoms. The van der Waals surface area contributed by atoms with Crippen LogP contribution in [0.3, 0.4) is 0 Å². The Morgan fingerprint density at radius 2 is 1.50 bits per heavy atom. The van der Waals surface area contributed by atoms with Crippen molar-refractivity contribution < 1.29 is 15.3 Å². The minimum atomic E-state index is -1.05. The second-order valence-electron chi connectivity index (χ2n) is 13.8. The number of fused-ring (bicyclic) bond motifs is 4. The molecule has 8 saturated carbocycles. The third kappa shape index (κ3) is 0.980. The second kappa shape index (κ2) is 3.69. The van der Waals surface area contributed by atoms with Gasteiger partial charge in [-0.1, -0.05) is 34.6 Å². The van der Waals surface area contributed by atoms with Gasteiger partial charge in [-0.15, -0.1) is 0 Å². The Kier molecular flexibility index (Phi) is 2.18. The van der Waals surface area contributed by atoms with Crippen molar-refractivity contribution in [1.82, 2.24) is 0 Å². The summed E-state index contributed by atoms with van der Waals surface area (Å²) in [4.78, 5) is 0. The molecule has 8 rings (SSSR count). The summed E-state index contributed by atoms with van der Waals surface area (Å²) in [5, 5.41) is 36.2. The maximum Gasteiger partial charge on any atom is 0.103 e. The van der Waals surface area contributed by atoms with Crippen molar-refractivity contribution in [2.24, 2.45) is 75.4 Å². The number of hydrogen-bond acceptors (Lipinski definition) is 3. The highest BCUT2D eigenvalue weighted by Crippen LogP contribution is 3.01. The number of aliphatic hydroxyl groups is 3. The monoisotopic (exact) mass is 384 g/mol. The normalized spacial score (nSPS) is 81.1. The molecule has 28 heavy (non-hydrogen) atoms. The predicted octanol–water partition coefficient (Wildman–Crippen LogP) is 3.07. The number of rotatable bonds is 1. The van der Waals surface area contributed by atoms with Gasteiger partial charge in [-0.2, -0.15) is 0 Å². The average Bonchev–Trinajstić information content (AvgIpc) is 3.08. The van der Waals surface area contributed by atoms with Gasteiger partial charge in [0.2, 0.25) is 0 Å². The highest BCUT2D eigenvalue weighted by Gasteiger charge is 3.09. The fourth-order valence-electron chi connectivity index (χ4n) is 13.4. The lowest BCUT2D eigenvalue weighted by atomic mass is 9.29. The van der Waals surface area contributed by atoms with Gasteiger partial charge in [-0.25, -0.2) is 0 Å². The van der Waals surface area contributed by atoms with Gasteiger partial charge in [0.05, 0.1) is 5.60 Å². The Balaban J connectivity index is 1.40. The molecule has 0 aromatic heterocycles. The van der Waals surface area contributed by atoms with Gasteiger partial charge >= 0.3 is 0 Å². The molecule has 0 aromatic carbocycles. The Hall–Kier alpha value is -0.120. The van der Waals surface area contributed by atoms with Crippen molar-refractivity contribution in [3.8, 4) is 0 Å². The van der Waals surface area contributed by atoms with E-state index >= 15 is 0 Å². The van der Waals surface area contributed by atoms with E-state index in [2.05, 4.69) is 34.6 Å². The molecule has 13 unspecified atom stereocenters. The van der Waals surface area contributed by atoms with Gasteiger partial charge < -0.3 is 15.3 Å². The van der Waals surface area contributed by atoms with E-state index in [0.717, 1.165) is 30.6 Å². The molecule has 3 heteroatoms. The van der Waals surface area contributed by atoms with Crippen LogP contribution in [0, 0.1) is 75.4 Å². The molecular formula is C25H36O3. The fourth-order valence-corrected chi connectivity index (χ4v) is 13.4. The first kappa shape index (κ1) is 16.6. The Morgan fingerprint density at radius 3 is 2.18 bits per heavy atom. The maximum absolute atomic E-state index is 12.1. The van der Waals surface area contributed by atoms with Crippen LogP contribution in [0.4, 0.5) is 0 Å². The Bertz CT molecular complexity index is 870. The van der Waals surface area contributed by atoms with E-state index in [0.29, 0.717) is 35.0 Å². The quantitative estimate of drug-likeness (QED) is 0.651. The molecule has 0 aliphatic heterocycles. The minimum Gasteiger partial charge on any atom is -0.388 e. The van der Waals surface area contributed by atoms with E-state index in [1.54, 1.807) is 0 Å². The van der Waals surface area contributed by atoms with Crippen LogP contribution >= 0.6 is 0 Å². The molecule has 3 N–H and O–H groups in total. The summed E-state index contributed by atoms with van der Waals surface area (Å²) >= 11 is 0. The summed E-state index contributed by atoms with van der Waals surface area (Å²) in [6, 6.07) is 0. The molecule has 0 heterocycles. The van der Waals surface area contributed by atoms with Gasteiger partial charge in [0, 0.05) is 22.7 Å². The van der Waals surface area contributed by atoms with Crippen molar-refractivity contribution >= 4 is 0 Å². The third-order valence-corrected chi connectivity index (χ3v) is 14.3.